The second-order valence-corrected chi connectivity index (χ2v) is 3.84. The van der Waals surface area contributed by atoms with E-state index in [1.54, 1.807) is 7.11 Å². The Balaban J connectivity index is 0.00000162. The largest absolute Gasteiger partial charge is 1.00 e. The van der Waals surface area contributed by atoms with Gasteiger partial charge in [0.1, 0.15) is 12.8 Å². The van der Waals surface area contributed by atoms with Crippen molar-refractivity contribution < 1.29 is 33.3 Å². The summed E-state index contributed by atoms with van der Waals surface area (Å²) in [4.78, 5) is 0. The summed E-state index contributed by atoms with van der Waals surface area (Å²) in [5, 5.41) is 0. The fraction of sp³-hybridized carbons (Fsp3) is 0.133. The van der Waals surface area contributed by atoms with Gasteiger partial charge >= 0.3 is 0 Å². The zero-order chi connectivity index (χ0) is 12.1. The minimum absolute atomic E-state index is 0. The summed E-state index contributed by atoms with van der Waals surface area (Å²) in [5.41, 5.74) is 2.33. The molecule has 0 radical (unpaired) electrons. The van der Waals surface area contributed by atoms with Crippen molar-refractivity contribution in [2.75, 3.05) is 7.11 Å². The van der Waals surface area contributed by atoms with E-state index in [9.17, 15) is 0 Å². The van der Waals surface area contributed by atoms with Crippen molar-refractivity contribution >= 4 is 12.2 Å². The van der Waals surface area contributed by atoms with Gasteiger partial charge in [-0.3, -0.25) is 0 Å². The highest BCUT2D eigenvalue weighted by Gasteiger charge is 1.98. The highest BCUT2D eigenvalue weighted by atomic mass is 127. The molecule has 0 aliphatic heterocycles. The Hall–Kier alpha value is -1.36. The molecule has 3 heteroatoms. The van der Waals surface area contributed by atoms with Gasteiger partial charge in [-0.1, -0.05) is 12.1 Å². The first-order chi connectivity index (χ1) is 8.29. The molecule has 2 aromatic rings. The van der Waals surface area contributed by atoms with E-state index < -0.39 is 0 Å². The van der Waals surface area contributed by atoms with Crippen LogP contribution in [-0.2, 0) is 7.05 Å². The number of halogens is 1. The van der Waals surface area contributed by atoms with Gasteiger partial charge < -0.3 is 28.7 Å². The molecule has 1 aromatic heterocycles. The Kier molecular flexibility index (Phi) is 5.85. The van der Waals surface area contributed by atoms with Gasteiger partial charge in [0.2, 0.25) is 5.69 Å². The lowest BCUT2D eigenvalue weighted by atomic mass is 10.2. The number of benzene rings is 1. The minimum Gasteiger partial charge on any atom is -1.00 e. The maximum atomic E-state index is 5.12. The first-order valence-electron chi connectivity index (χ1n) is 5.56. The number of pyridine rings is 1. The van der Waals surface area contributed by atoms with E-state index in [-0.39, 0.29) is 24.0 Å². The molecule has 0 aliphatic carbocycles. The van der Waals surface area contributed by atoms with Crippen LogP contribution in [0.3, 0.4) is 0 Å². The quantitative estimate of drug-likeness (QED) is 0.545. The number of aryl methyl sites for hydroxylation is 1. The fourth-order valence-electron chi connectivity index (χ4n) is 1.61. The molecule has 0 N–H and O–H groups in total. The number of nitrogens with zero attached hydrogens (tertiary/aromatic N) is 1. The predicted octanol–water partition coefficient (Wildman–Crippen LogP) is -0.306. The highest BCUT2D eigenvalue weighted by molar-refractivity contribution is 5.67. The molecule has 0 unspecified atom stereocenters. The molecule has 18 heavy (non-hydrogen) atoms. The standard InChI is InChI=1S/C15H16NO.HI/c1-16-12-4-3-5-14(16)9-6-13-7-10-15(17-2)11-8-13;/h3-12H,1-2H3;1H/q+1;/p-1. The molecule has 0 saturated heterocycles. The molecule has 0 amide bonds. The van der Waals surface area contributed by atoms with Gasteiger partial charge in [-0.2, -0.15) is 0 Å². The molecule has 1 aromatic carbocycles. The maximum Gasteiger partial charge on any atom is 0.204 e. The van der Waals surface area contributed by atoms with Crippen LogP contribution >= 0.6 is 0 Å². The second-order valence-electron chi connectivity index (χ2n) is 3.84. The van der Waals surface area contributed by atoms with Gasteiger partial charge in [0.15, 0.2) is 6.20 Å². The Morgan fingerprint density at radius 2 is 1.72 bits per heavy atom. The summed E-state index contributed by atoms with van der Waals surface area (Å²) < 4.78 is 7.21. The molecule has 0 aliphatic rings. The minimum atomic E-state index is 0. The van der Waals surface area contributed by atoms with Crippen LogP contribution in [0.1, 0.15) is 11.3 Å². The molecule has 0 saturated carbocycles. The van der Waals surface area contributed by atoms with Crippen LogP contribution in [0.2, 0.25) is 0 Å². The van der Waals surface area contributed by atoms with E-state index in [0.29, 0.717) is 0 Å². The third-order valence-electron chi connectivity index (χ3n) is 2.66. The third-order valence-corrected chi connectivity index (χ3v) is 2.66. The van der Waals surface area contributed by atoms with Crippen LogP contribution in [0.4, 0.5) is 0 Å². The van der Waals surface area contributed by atoms with Gasteiger partial charge in [-0.25, -0.2) is 4.57 Å². The smallest absolute Gasteiger partial charge is 0.204 e. The number of methoxy groups -OCH3 is 1. The molecular formula is C15H16INO. The third kappa shape index (κ3) is 3.84. The molecule has 2 rings (SSSR count). The molecule has 0 atom stereocenters. The number of hydrogen-bond acceptors (Lipinski definition) is 1. The summed E-state index contributed by atoms with van der Waals surface area (Å²) in [6.45, 7) is 0. The van der Waals surface area contributed by atoms with Crippen LogP contribution in [-0.4, -0.2) is 7.11 Å². The van der Waals surface area contributed by atoms with E-state index >= 15 is 0 Å². The lowest BCUT2D eigenvalue weighted by molar-refractivity contribution is -0.673. The van der Waals surface area contributed by atoms with Gasteiger partial charge in [0.05, 0.1) is 7.11 Å². The van der Waals surface area contributed by atoms with Crippen molar-refractivity contribution in [1.29, 1.82) is 0 Å². The topological polar surface area (TPSA) is 13.1 Å². The Morgan fingerprint density at radius 1 is 1.00 bits per heavy atom. The molecule has 1 heterocycles. The van der Waals surface area contributed by atoms with Crippen molar-refractivity contribution in [3.05, 3.63) is 59.9 Å². The average Bonchev–Trinajstić information content (AvgIpc) is 2.38. The Morgan fingerprint density at radius 3 is 2.33 bits per heavy atom. The van der Waals surface area contributed by atoms with Crippen LogP contribution in [0.5, 0.6) is 5.75 Å². The SMILES string of the molecule is COc1ccc(C=Cc2cccc[n+]2C)cc1.[I-]. The molecule has 94 valence electrons. The van der Waals surface area contributed by atoms with Crippen LogP contribution in [0.15, 0.2) is 48.7 Å². The van der Waals surface area contributed by atoms with Gasteiger partial charge in [-0.05, 0) is 29.8 Å². The van der Waals surface area contributed by atoms with Crippen LogP contribution in [0.25, 0.3) is 12.2 Å². The number of aromatic nitrogens is 1. The van der Waals surface area contributed by atoms with Gasteiger partial charge in [0.25, 0.3) is 0 Å². The molecule has 2 nitrogen and oxygen atoms in total. The van der Waals surface area contributed by atoms with Crippen molar-refractivity contribution in [3.8, 4) is 5.75 Å². The number of ether oxygens (including phenoxy) is 1. The number of hydrogen-bond donors (Lipinski definition) is 0. The average molecular weight is 353 g/mol. The van der Waals surface area contributed by atoms with Crippen molar-refractivity contribution in [2.45, 2.75) is 0 Å². The lowest BCUT2D eigenvalue weighted by Crippen LogP contribution is -3.00. The molecule has 0 spiro atoms. The summed E-state index contributed by atoms with van der Waals surface area (Å²) in [5.74, 6) is 0.882. The predicted molar refractivity (Wildman–Crippen MR) is 69.5 cm³/mol. The van der Waals surface area contributed by atoms with Crippen LogP contribution < -0.4 is 33.3 Å². The zero-order valence-corrected chi connectivity index (χ0v) is 12.7. The summed E-state index contributed by atoms with van der Waals surface area (Å²) in [6.07, 6.45) is 6.23. The maximum absolute atomic E-state index is 5.12. The first-order valence-corrected chi connectivity index (χ1v) is 5.56. The Bertz CT molecular complexity index is 520. The molecule has 0 bridgehead atoms. The zero-order valence-electron chi connectivity index (χ0n) is 10.5. The molecular weight excluding hydrogens is 337 g/mol. The van der Waals surface area contributed by atoms with E-state index in [0.717, 1.165) is 11.3 Å². The van der Waals surface area contributed by atoms with Crippen molar-refractivity contribution in [3.63, 3.8) is 0 Å². The fourth-order valence-corrected chi connectivity index (χ4v) is 1.61. The highest BCUT2D eigenvalue weighted by Crippen LogP contribution is 2.13. The van der Waals surface area contributed by atoms with Crippen LogP contribution in [0, 0.1) is 0 Å². The van der Waals surface area contributed by atoms with Gasteiger partial charge in [-0.15, -0.1) is 0 Å². The lowest BCUT2D eigenvalue weighted by Gasteiger charge is -1.98. The van der Waals surface area contributed by atoms with E-state index in [4.69, 9.17) is 4.74 Å². The normalized spacial score (nSPS) is 10.1. The van der Waals surface area contributed by atoms with Crippen molar-refractivity contribution in [1.82, 2.24) is 0 Å². The van der Waals surface area contributed by atoms with E-state index in [2.05, 4.69) is 22.8 Å². The van der Waals surface area contributed by atoms with Gasteiger partial charge in [0, 0.05) is 18.2 Å². The number of rotatable bonds is 3. The summed E-state index contributed by atoms with van der Waals surface area (Å²) in [6, 6.07) is 14.1. The monoisotopic (exact) mass is 353 g/mol. The second kappa shape index (κ2) is 7.16. The Labute approximate surface area is 125 Å². The first kappa shape index (κ1) is 14.7. The molecule has 0 fully saturated rings. The van der Waals surface area contributed by atoms with Crippen molar-refractivity contribution in [2.24, 2.45) is 7.05 Å². The van der Waals surface area contributed by atoms with E-state index in [1.165, 1.54) is 5.69 Å². The summed E-state index contributed by atoms with van der Waals surface area (Å²) in [7, 11) is 3.71. The van der Waals surface area contributed by atoms with E-state index in [1.807, 2.05) is 49.6 Å². The summed E-state index contributed by atoms with van der Waals surface area (Å²) >= 11 is 0.